The summed E-state index contributed by atoms with van der Waals surface area (Å²) >= 11 is 0. The molecular weight excluding hydrogens is 430 g/mol. The summed E-state index contributed by atoms with van der Waals surface area (Å²) in [5.41, 5.74) is 1.84. The lowest BCUT2D eigenvalue weighted by molar-refractivity contribution is 0.0422. The number of hydrogen-bond donors (Lipinski definition) is 3. The summed E-state index contributed by atoms with van der Waals surface area (Å²) in [5, 5.41) is 25.8. The first-order chi connectivity index (χ1) is 16.1. The smallest absolute Gasteiger partial charge is 0.407 e. The summed E-state index contributed by atoms with van der Waals surface area (Å²) in [6, 6.07) is 16.5. The molecule has 0 aliphatic heterocycles. The fourth-order valence-corrected chi connectivity index (χ4v) is 3.28. The van der Waals surface area contributed by atoms with Crippen molar-refractivity contribution in [3.05, 3.63) is 65.2 Å². The Morgan fingerprint density at radius 1 is 1.09 bits per heavy atom. The van der Waals surface area contributed by atoms with Crippen LogP contribution < -0.4 is 15.4 Å². The van der Waals surface area contributed by atoms with E-state index >= 15 is 0 Å². The van der Waals surface area contributed by atoms with Gasteiger partial charge in [0.25, 0.3) is 0 Å². The van der Waals surface area contributed by atoms with Crippen LogP contribution in [0.15, 0.2) is 48.5 Å². The van der Waals surface area contributed by atoms with Gasteiger partial charge in [0.15, 0.2) is 0 Å². The molecule has 7 nitrogen and oxygen atoms in total. The van der Waals surface area contributed by atoms with Crippen LogP contribution in [-0.4, -0.2) is 42.0 Å². The van der Waals surface area contributed by atoms with Gasteiger partial charge in [-0.3, -0.25) is 0 Å². The fraction of sp³-hybridized carbons (Fsp3) is 0.481. The van der Waals surface area contributed by atoms with Crippen LogP contribution in [0, 0.1) is 17.2 Å². The van der Waals surface area contributed by atoms with Gasteiger partial charge in [0.1, 0.15) is 18.0 Å². The molecule has 0 aliphatic rings. The first-order valence-corrected chi connectivity index (χ1v) is 11.6. The Labute approximate surface area is 203 Å². The van der Waals surface area contributed by atoms with Gasteiger partial charge >= 0.3 is 6.09 Å². The van der Waals surface area contributed by atoms with Gasteiger partial charge in [0, 0.05) is 6.54 Å². The number of nitrogens with zero attached hydrogens (tertiary/aromatic N) is 1. The van der Waals surface area contributed by atoms with Crippen LogP contribution in [0.5, 0.6) is 5.75 Å². The molecule has 0 saturated heterocycles. The lowest BCUT2D eigenvalue weighted by Crippen LogP contribution is -2.50. The van der Waals surface area contributed by atoms with Gasteiger partial charge < -0.3 is 25.2 Å². The van der Waals surface area contributed by atoms with E-state index in [0.717, 1.165) is 17.7 Å². The number of carbonyl (C=O) groups excluding carboxylic acids is 1. The maximum absolute atomic E-state index is 12.4. The van der Waals surface area contributed by atoms with Crippen molar-refractivity contribution in [2.45, 2.75) is 65.4 Å². The first-order valence-electron chi connectivity index (χ1n) is 11.6. The number of aliphatic hydroxyl groups excluding tert-OH is 1. The van der Waals surface area contributed by atoms with Gasteiger partial charge in [-0.2, -0.15) is 5.26 Å². The summed E-state index contributed by atoms with van der Waals surface area (Å²) in [6.45, 7) is 11.1. The van der Waals surface area contributed by atoms with E-state index in [1.54, 1.807) is 32.9 Å². The number of benzene rings is 2. The molecule has 3 N–H and O–H groups in total. The average molecular weight is 468 g/mol. The zero-order valence-electron chi connectivity index (χ0n) is 20.8. The average Bonchev–Trinajstić information content (AvgIpc) is 2.76. The Morgan fingerprint density at radius 3 is 2.41 bits per heavy atom. The molecular formula is C27H37N3O4. The van der Waals surface area contributed by atoms with Crippen molar-refractivity contribution in [1.29, 1.82) is 5.26 Å². The predicted octanol–water partition coefficient (Wildman–Crippen LogP) is 4.18. The summed E-state index contributed by atoms with van der Waals surface area (Å²) < 4.78 is 11.2. The zero-order chi connectivity index (χ0) is 25.1. The molecule has 0 saturated carbocycles. The number of nitriles is 1. The van der Waals surface area contributed by atoms with E-state index in [2.05, 4.69) is 30.6 Å². The Hall–Kier alpha value is -3.08. The molecule has 2 aromatic carbocycles. The third-order valence-electron chi connectivity index (χ3n) is 4.91. The third-order valence-corrected chi connectivity index (χ3v) is 4.91. The van der Waals surface area contributed by atoms with E-state index in [-0.39, 0.29) is 0 Å². The number of rotatable bonds is 11. The molecule has 0 aromatic heterocycles. The topological polar surface area (TPSA) is 104 Å². The number of alkyl carbamates (subject to hydrolysis) is 1. The highest BCUT2D eigenvalue weighted by molar-refractivity contribution is 5.68. The van der Waals surface area contributed by atoms with Crippen LogP contribution >= 0.6 is 0 Å². The number of nitrogens with one attached hydrogen (secondary N) is 2. The molecule has 2 atom stereocenters. The van der Waals surface area contributed by atoms with Crippen LogP contribution in [0.3, 0.4) is 0 Å². The second-order valence-electron chi connectivity index (χ2n) is 9.82. The molecule has 7 heteroatoms. The van der Waals surface area contributed by atoms with Crippen molar-refractivity contribution in [3.63, 3.8) is 0 Å². The Kier molecular flexibility index (Phi) is 10.4. The summed E-state index contributed by atoms with van der Waals surface area (Å²) in [7, 11) is 0. The fourth-order valence-electron chi connectivity index (χ4n) is 3.28. The van der Waals surface area contributed by atoms with Crippen molar-refractivity contribution in [2.24, 2.45) is 5.92 Å². The second-order valence-corrected chi connectivity index (χ2v) is 9.82. The van der Waals surface area contributed by atoms with Crippen molar-refractivity contribution in [2.75, 3.05) is 13.1 Å². The minimum atomic E-state index is -0.783. The van der Waals surface area contributed by atoms with E-state index in [1.165, 1.54) is 0 Å². The standard InChI is InChI=1S/C27H37N3O4/c1-19(2)16-29-17-25(31)24(30-26(32)34-27(3,4)5)14-20-9-11-23(12-10-20)33-18-22-8-6-7-21(13-22)15-28/h6-13,19,24-25,29,31H,14,16-18H2,1-5H3,(H,30,32)/t24-,25+/m0/s1. The van der Waals surface area contributed by atoms with E-state index in [0.29, 0.717) is 36.8 Å². The number of aliphatic hydroxyl groups is 1. The van der Waals surface area contributed by atoms with Crippen molar-refractivity contribution < 1.29 is 19.4 Å². The predicted molar refractivity (Wildman–Crippen MR) is 133 cm³/mol. The molecule has 34 heavy (non-hydrogen) atoms. The molecule has 184 valence electrons. The van der Waals surface area contributed by atoms with Crippen LogP contribution in [0.25, 0.3) is 0 Å². The third kappa shape index (κ3) is 10.2. The quantitative estimate of drug-likeness (QED) is 0.458. The highest BCUT2D eigenvalue weighted by atomic mass is 16.6. The van der Waals surface area contributed by atoms with Gasteiger partial charge in [0.05, 0.1) is 23.8 Å². The molecule has 0 aliphatic carbocycles. The molecule has 0 heterocycles. The largest absolute Gasteiger partial charge is 0.489 e. The molecule has 0 bridgehead atoms. The molecule has 0 fully saturated rings. The lowest BCUT2D eigenvalue weighted by Gasteiger charge is -2.27. The van der Waals surface area contributed by atoms with Gasteiger partial charge in [-0.15, -0.1) is 0 Å². The SMILES string of the molecule is CC(C)CNC[C@@H](O)[C@H](Cc1ccc(OCc2cccc(C#N)c2)cc1)NC(=O)OC(C)(C)C. The van der Waals surface area contributed by atoms with Gasteiger partial charge in [-0.05, 0) is 75.0 Å². The minimum Gasteiger partial charge on any atom is -0.489 e. The second kappa shape index (κ2) is 13.0. The maximum atomic E-state index is 12.4. The number of ether oxygens (including phenoxy) is 2. The van der Waals surface area contributed by atoms with Crippen LogP contribution in [0.1, 0.15) is 51.3 Å². The monoisotopic (exact) mass is 467 g/mol. The zero-order valence-corrected chi connectivity index (χ0v) is 20.8. The van der Waals surface area contributed by atoms with Crippen LogP contribution in [0.4, 0.5) is 4.79 Å². The van der Waals surface area contributed by atoms with Gasteiger partial charge in [-0.25, -0.2) is 4.79 Å². The van der Waals surface area contributed by atoms with E-state index in [4.69, 9.17) is 14.7 Å². The highest BCUT2D eigenvalue weighted by Gasteiger charge is 2.25. The first kappa shape index (κ1) is 27.2. The van der Waals surface area contributed by atoms with Crippen LogP contribution in [-0.2, 0) is 17.8 Å². The van der Waals surface area contributed by atoms with Gasteiger partial charge in [-0.1, -0.05) is 38.1 Å². The molecule has 0 unspecified atom stereocenters. The minimum absolute atomic E-state index is 0.359. The van der Waals surface area contributed by atoms with Crippen molar-refractivity contribution in [1.82, 2.24) is 10.6 Å². The van der Waals surface area contributed by atoms with E-state index in [9.17, 15) is 9.90 Å². The summed E-state index contributed by atoms with van der Waals surface area (Å²) in [5.74, 6) is 1.15. The molecule has 2 rings (SSSR count). The Bertz CT molecular complexity index is 946. The number of amides is 1. The van der Waals surface area contributed by atoms with Crippen LogP contribution in [0.2, 0.25) is 0 Å². The van der Waals surface area contributed by atoms with Crippen molar-refractivity contribution in [3.8, 4) is 11.8 Å². The maximum Gasteiger partial charge on any atom is 0.407 e. The van der Waals surface area contributed by atoms with E-state index < -0.39 is 23.8 Å². The normalized spacial score (nSPS) is 13.1. The Morgan fingerprint density at radius 2 is 1.79 bits per heavy atom. The molecule has 0 spiro atoms. The molecule has 1 amide bonds. The molecule has 0 radical (unpaired) electrons. The lowest BCUT2D eigenvalue weighted by atomic mass is 10.0. The van der Waals surface area contributed by atoms with Crippen molar-refractivity contribution >= 4 is 6.09 Å². The summed E-state index contributed by atoms with van der Waals surface area (Å²) in [6.07, 6.45) is -0.900. The van der Waals surface area contributed by atoms with Gasteiger partial charge in [0.2, 0.25) is 0 Å². The summed E-state index contributed by atoms with van der Waals surface area (Å²) in [4.78, 5) is 12.4. The highest BCUT2D eigenvalue weighted by Crippen LogP contribution is 2.17. The number of carbonyl (C=O) groups is 1. The molecule has 2 aromatic rings. The number of hydrogen-bond acceptors (Lipinski definition) is 6. The van der Waals surface area contributed by atoms with E-state index in [1.807, 2.05) is 36.4 Å². The Balaban J connectivity index is 2.00.